The minimum atomic E-state index is -0.437. The highest BCUT2D eigenvalue weighted by Gasteiger charge is 2.16. The van der Waals surface area contributed by atoms with Gasteiger partial charge in [0.1, 0.15) is 0 Å². The summed E-state index contributed by atoms with van der Waals surface area (Å²) < 4.78 is 10.2. The Morgan fingerprint density at radius 1 is 1.31 bits per heavy atom. The van der Waals surface area contributed by atoms with Crippen LogP contribution in [0.2, 0.25) is 0 Å². The molecule has 0 amide bonds. The van der Waals surface area contributed by atoms with E-state index in [-0.39, 0.29) is 12.0 Å². The maximum absolute atomic E-state index is 9.66. The average molecular weight is 228 g/mol. The number of nitrogens with zero attached hydrogens (tertiary/aromatic N) is 2. The van der Waals surface area contributed by atoms with E-state index in [0.29, 0.717) is 24.6 Å². The summed E-state index contributed by atoms with van der Waals surface area (Å²) in [5.74, 6) is 1.30. The Morgan fingerprint density at radius 3 is 2.56 bits per heavy atom. The van der Waals surface area contributed by atoms with E-state index < -0.39 is 6.10 Å². The number of hydrogen-bond acceptors (Lipinski definition) is 5. The molecule has 1 N–H and O–H groups in total. The Kier molecular flexibility index (Phi) is 4.89. The van der Waals surface area contributed by atoms with Crippen molar-refractivity contribution in [3.05, 3.63) is 11.7 Å². The first-order chi connectivity index (χ1) is 7.52. The smallest absolute Gasteiger partial charge is 0.229 e. The SMILES string of the molecule is COC(C)Cc1noc(CC(O)C(C)C)n1. The molecule has 0 aromatic carbocycles. The van der Waals surface area contributed by atoms with Gasteiger partial charge in [-0.25, -0.2) is 0 Å². The van der Waals surface area contributed by atoms with Gasteiger partial charge < -0.3 is 14.4 Å². The van der Waals surface area contributed by atoms with Crippen LogP contribution in [0.5, 0.6) is 0 Å². The molecule has 2 unspecified atom stereocenters. The van der Waals surface area contributed by atoms with Gasteiger partial charge in [-0.1, -0.05) is 19.0 Å². The average Bonchev–Trinajstić information content (AvgIpc) is 2.65. The fraction of sp³-hybridized carbons (Fsp3) is 0.818. The first kappa shape index (κ1) is 13.1. The predicted molar refractivity (Wildman–Crippen MR) is 59.0 cm³/mol. The number of hydrogen-bond donors (Lipinski definition) is 1. The molecule has 16 heavy (non-hydrogen) atoms. The standard InChI is InChI=1S/C11H20N2O3/c1-7(2)9(14)6-11-12-10(13-16-11)5-8(3)15-4/h7-9,14H,5-6H2,1-4H3. The van der Waals surface area contributed by atoms with E-state index in [1.807, 2.05) is 20.8 Å². The summed E-state index contributed by atoms with van der Waals surface area (Å²) in [6.07, 6.45) is 0.665. The quantitative estimate of drug-likeness (QED) is 0.792. The highest BCUT2D eigenvalue weighted by Crippen LogP contribution is 2.09. The summed E-state index contributed by atoms with van der Waals surface area (Å²) >= 11 is 0. The fourth-order valence-electron chi connectivity index (χ4n) is 1.21. The van der Waals surface area contributed by atoms with Crippen LogP contribution in [0.25, 0.3) is 0 Å². The van der Waals surface area contributed by atoms with Crippen LogP contribution in [0.15, 0.2) is 4.52 Å². The number of aliphatic hydroxyl groups excluding tert-OH is 1. The normalized spacial score (nSPS) is 15.4. The monoisotopic (exact) mass is 228 g/mol. The Labute approximate surface area is 95.8 Å². The molecule has 0 fully saturated rings. The maximum Gasteiger partial charge on any atom is 0.229 e. The largest absolute Gasteiger partial charge is 0.392 e. The molecule has 0 saturated heterocycles. The molecule has 1 aromatic rings. The highest BCUT2D eigenvalue weighted by molar-refractivity contribution is 4.90. The molecule has 5 heteroatoms. The minimum Gasteiger partial charge on any atom is -0.392 e. The van der Waals surface area contributed by atoms with Crippen LogP contribution in [0, 0.1) is 5.92 Å². The van der Waals surface area contributed by atoms with Crippen molar-refractivity contribution in [1.29, 1.82) is 0 Å². The first-order valence-electron chi connectivity index (χ1n) is 5.55. The van der Waals surface area contributed by atoms with E-state index in [0.717, 1.165) is 0 Å². The van der Waals surface area contributed by atoms with Crippen molar-refractivity contribution in [2.45, 2.75) is 45.8 Å². The molecule has 1 aromatic heterocycles. The van der Waals surface area contributed by atoms with Gasteiger partial charge in [0.2, 0.25) is 5.89 Å². The van der Waals surface area contributed by atoms with Crippen LogP contribution in [0.1, 0.15) is 32.5 Å². The Hall–Kier alpha value is -0.940. The molecule has 0 bridgehead atoms. The summed E-state index contributed by atoms with van der Waals surface area (Å²) in [5, 5.41) is 13.5. The van der Waals surface area contributed by atoms with E-state index in [4.69, 9.17) is 9.26 Å². The van der Waals surface area contributed by atoms with Crippen molar-refractivity contribution in [3.63, 3.8) is 0 Å². The Balaban J connectivity index is 2.51. The van der Waals surface area contributed by atoms with E-state index in [2.05, 4.69) is 10.1 Å². The van der Waals surface area contributed by atoms with Crippen LogP contribution >= 0.6 is 0 Å². The van der Waals surface area contributed by atoms with Gasteiger partial charge in [-0.05, 0) is 12.8 Å². The van der Waals surface area contributed by atoms with Gasteiger partial charge in [-0.2, -0.15) is 4.98 Å². The predicted octanol–water partition coefficient (Wildman–Crippen LogP) is 1.21. The van der Waals surface area contributed by atoms with Crippen molar-refractivity contribution in [2.24, 2.45) is 5.92 Å². The van der Waals surface area contributed by atoms with Gasteiger partial charge in [-0.3, -0.25) is 0 Å². The summed E-state index contributed by atoms with van der Waals surface area (Å²) in [4.78, 5) is 4.20. The van der Waals surface area contributed by atoms with E-state index in [1.165, 1.54) is 0 Å². The van der Waals surface area contributed by atoms with Crippen LogP contribution in [0.4, 0.5) is 0 Å². The number of aromatic nitrogens is 2. The molecule has 5 nitrogen and oxygen atoms in total. The zero-order valence-electron chi connectivity index (χ0n) is 10.3. The van der Waals surface area contributed by atoms with Crippen molar-refractivity contribution in [1.82, 2.24) is 10.1 Å². The third kappa shape index (κ3) is 3.90. The molecular formula is C11H20N2O3. The molecule has 2 atom stereocenters. The van der Waals surface area contributed by atoms with Crippen molar-refractivity contribution in [3.8, 4) is 0 Å². The molecule has 0 saturated carbocycles. The highest BCUT2D eigenvalue weighted by atomic mass is 16.5. The van der Waals surface area contributed by atoms with E-state index in [9.17, 15) is 5.11 Å². The maximum atomic E-state index is 9.66. The molecule has 0 spiro atoms. The van der Waals surface area contributed by atoms with Gasteiger partial charge in [0.25, 0.3) is 0 Å². The number of aliphatic hydroxyl groups is 1. The molecule has 0 aliphatic carbocycles. The second kappa shape index (κ2) is 5.96. The third-order valence-corrected chi connectivity index (χ3v) is 2.54. The molecule has 0 aliphatic heterocycles. The summed E-state index contributed by atoms with van der Waals surface area (Å²) in [6, 6.07) is 0. The molecule has 92 valence electrons. The molecular weight excluding hydrogens is 208 g/mol. The lowest BCUT2D eigenvalue weighted by Gasteiger charge is -2.10. The van der Waals surface area contributed by atoms with Crippen LogP contribution in [0.3, 0.4) is 0 Å². The van der Waals surface area contributed by atoms with E-state index in [1.54, 1.807) is 7.11 Å². The van der Waals surface area contributed by atoms with Gasteiger partial charge in [0.15, 0.2) is 5.82 Å². The number of ether oxygens (including phenoxy) is 1. The second-order valence-corrected chi connectivity index (χ2v) is 4.37. The van der Waals surface area contributed by atoms with Crippen molar-refractivity contribution < 1.29 is 14.4 Å². The van der Waals surface area contributed by atoms with Crippen LogP contribution < -0.4 is 0 Å². The Morgan fingerprint density at radius 2 is 2.00 bits per heavy atom. The number of rotatable bonds is 6. The topological polar surface area (TPSA) is 68.4 Å². The molecule has 0 aliphatic rings. The molecule has 1 heterocycles. The summed E-state index contributed by atoms with van der Waals surface area (Å²) in [7, 11) is 1.65. The third-order valence-electron chi connectivity index (χ3n) is 2.54. The lowest BCUT2D eigenvalue weighted by molar-refractivity contribution is 0.115. The zero-order valence-corrected chi connectivity index (χ0v) is 10.3. The van der Waals surface area contributed by atoms with Crippen molar-refractivity contribution >= 4 is 0 Å². The Bertz CT molecular complexity index is 312. The van der Waals surface area contributed by atoms with Crippen molar-refractivity contribution in [2.75, 3.05) is 7.11 Å². The first-order valence-corrected chi connectivity index (χ1v) is 5.55. The van der Waals surface area contributed by atoms with E-state index >= 15 is 0 Å². The summed E-state index contributed by atoms with van der Waals surface area (Å²) in [5.41, 5.74) is 0. The summed E-state index contributed by atoms with van der Waals surface area (Å²) in [6.45, 7) is 5.85. The number of methoxy groups -OCH3 is 1. The van der Waals surface area contributed by atoms with Crippen LogP contribution in [-0.4, -0.2) is 34.6 Å². The lowest BCUT2D eigenvalue weighted by Crippen LogP contribution is -2.17. The fourth-order valence-corrected chi connectivity index (χ4v) is 1.21. The zero-order chi connectivity index (χ0) is 12.1. The van der Waals surface area contributed by atoms with Gasteiger partial charge >= 0.3 is 0 Å². The molecule has 1 rings (SSSR count). The van der Waals surface area contributed by atoms with Gasteiger partial charge in [-0.15, -0.1) is 0 Å². The van der Waals surface area contributed by atoms with Crippen LogP contribution in [-0.2, 0) is 17.6 Å². The van der Waals surface area contributed by atoms with Gasteiger partial charge in [0, 0.05) is 13.5 Å². The minimum absolute atomic E-state index is 0.0699. The molecule has 0 radical (unpaired) electrons. The lowest BCUT2D eigenvalue weighted by atomic mass is 10.0. The van der Waals surface area contributed by atoms with Gasteiger partial charge in [0.05, 0.1) is 18.6 Å². The second-order valence-electron chi connectivity index (χ2n) is 4.37.